The molecule has 0 amide bonds. The van der Waals surface area contributed by atoms with Gasteiger partial charge in [0.25, 0.3) is 0 Å². The number of aromatic nitrogens is 1. The molecule has 3 fully saturated rings. The summed E-state index contributed by atoms with van der Waals surface area (Å²) in [6.07, 6.45) is 9.14. The number of hydrogen-bond acceptors (Lipinski definition) is 3. The van der Waals surface area contributed by atoms with E-state index < -0.39 is 17.8 Å². The molecule has 0 unspecified atom stereocenters. The lowest BCUT2D eigenvalue weighted by atomic mass is 9.71. The van der Waals surface area contributed by atoms with E-state index >= 15 is 0 Å². The molecule has 1 aromatic heterocycles. The van der Waals surface area contributed by atoms with Crippen molar-refractivity contribution in [2.24, 2.45) is 5.41 Å². The second-order valence-corrected chi connectivity index (χ2v) is 12.1. The van der Waals surface area contributed by atoms with Gasteiger partial charge in [-0.05, 0) is 86.0 Å². The van der Waals surface area contributed by atoms with E-state index in [0.29, 0.717) is 22.8 Å². The molecule has 3 saturated carbocycles. The molecule has 6 rings (SSSR count). The van der Waals surface area contributed by atoms with E-state index in [1.54, 1.807) is 7.11 Å². The molecule has 4 aliphatic rings. The Morgan fingerprint density at radius 3 is 2.14 bits per heavy atom. The summed E-state index contributed by atoms with van der Waals surface area (Å²) in [7, 11) is 1.79. The zero-order valence-electron chi connectivity index (χ0n) is 21.7. The summed E-state index contributed by atoms with van der Waals surface area (Å²) in [4.78, 5) is 5.37. The number of alkyl halides is 3. The molecule has 0 saturated heterocycles. The van der Waals surface area contributed by atoms with Gasteiger partial charge in [-0.15, -0.1) is 0 Å². The smallest absolute Gasteiger partial charge is 0.384 e. The molecule has 37 heavy (non-hydrogen) atoms. The number of nitrogens with zero attached hydrogens (tertiary/aromatic N) is 1. The maximum Gasteiger partial charge on any atom is 0.416 e. The Hall–Kier alpha value is -1.92. The number of ether oxygens (including phenoxy) is 1. The van der Waals surface area contributed by atoms with Gasteiger partial charge in [0.1, 0.15) is 6.10 Å². The van der Waals surface area contributed by atoms with Crippen molar-refractivity contribution in [2.75, 3.05) is 7.11 Å². The molecule has 2 aromatic rings. The Morgan fingerprint density at radius 1 is 0.919 bits per heavy atom. The fourth-order valence-corrected chi connectivity index (χ4v) is 7.53. The van der Waals surface area contributed by atoms with E-state index in [2.05, 4.69) is 0 Å². The van der Waals surface area contributed by atoms with Gasteiger partial charge in [-0.3, -0.25) is 4.98 Å². The number of halogens is 3. The first-order valence-electron chi connectivity index (χ1n) is 14.2. The van der Waals surface area contributed by atoms with Crippen LogP contribution in [0.4, 0.5) is 13.2 Å². The number of benzene rings is 1. The van der Waals surface area contributed by atoms with Crippen molar-refractivity contribution in [1.29, 1.82) is 0 Å². The Bertz CT molecular complexity index is 1130. The molecule has 1 heterocycles. The average molecular weight is 514 g/mol. The van der Waals surface area contributed by atoms with Crippen molar-refractivity contribution >= 4 is 0 Å². The van der Waals surface area contributed by atoms with Crippen LogP contribution in [0.3, 0.4) is 0 Å². The summed E-state index contributed by atoms with van der Waals surface area (Å²) in [6.45, 7) is 0. The predicted octanol–water partition coefficient (Wildman–Crippen LogP) is 8.30. The first-order chi connectivity index (χ1) is 17.8. The molecule has 1 spiro atoms. The van der Waals surface area contributed by atoms with Gasteiger partial charge < -0.3 is 9.84 Å². The Balaban J connectivity index is 1.54. The maximum absolute atomic E-state index is 13.3. The van der Waals surface area contributed by atoms with E-state index in [1.165, 1.54) is 48.2 Å². The number of rotatable bonds is 5. The van der Waals surface area contributed by atoms with Crippen LogP contribution in [0.1, 0.15) is 140 Å². The lowest BCUT2D eigenvalue weighted by Gasteiger charge is -2.38. The normalized spacial score (nSPS) is 24.8. The topological polar surface area (TPSA) is 42.4 Å². The van der Waals surface area contributed by atoms with Crippen molar-refractivity contribution < 1.29 is 23.0 Å². The molecule has 1 N–H and O–H groups in total. The van der Waals surface area contributed by atoms with Gasteiger partial charge in [-0.1, -0.05) is 44.2 Å². The summed E-state index contributed by atoms with van der Waals surface area (Å²) >= 11 is 0. The van der Waals surface area contributed by atoms with Crippen LogP contribution in [0.2, 0.25) is 0 Å². The highest BCUT2D eigenvalue weighted by Gasteiger charge is 2.50. The molecule has 0 radical (unpaired) electrons. The van der Waals surface area contributed by atoms with E-state index in [9.17, 15) is 18.3 Å². The van der Waals surface area contributed by atoms with E-state index in [-0.39, 0.29) is 6.10 Å². The molecular formula is C31H38F3NO2. The first-order valence-corrected chi connectivity index (χ1v) is 14.2. The number of fused-ring (bicyclic) bond motifs is 1. The third-order valence-corrected chi connectivity index (χ3v) is 9.73. The predicted molar refractivity (Wildman–Crippen MR) is 137 cm³/mol. The molecule has 2 atom stereocenters. The SMILES string of the molecule is CO[C@H]1CC2(CC2)Cc2nc(C3CCCC3)c([C@@H](O)c3ccc(C(F)(F)F)cc3)c(C3CCCCC3)c21. The van der Waals surface area contributed by atoms with Gasteiger partial charge in [0.15, 0.2) is 0 Å². The van der Waals surface area contributed by atoms with E-state index in [1.807, 2.05) is 0 Å². The number of aliphatic hydroxyl groups excluding tert-OH is 1. The van der Waals surface area contributed by atoms with Crippen LogP contribution in [-0.4, -0.2) is 17.2 Å². The van der Waals surface area contributed by atoms with Gasteiger partial charge in [0.2, 0.25) is 0 Å². The molecule has 0 aliphatic heterocycles. The minimum Gasteiger partial charge on any atom is -0.384 e. The molecule has 1 aromatic carbocycles. The summed E-state index contributed by atoms with van der Waals surface area (Å²) in [5.74, 6) is 0.625. The van der Waals surface area contributed by atoms with Crippen molar-refractivity contribution in [3.63, 3.8) is 0 Å². The van der Waals surface area contributed by atoms with Crippen LogP contribution in [0, 0.1) is 5.41 Å². The van der Waals surface area contributed by atoms with Crippen molar-refractivity contribution in [1.82, 2.24) is 4.98 Å². The van der Waals surface area contributed by atoms with Gasteiger partial charge in [0, 0.05) is 29.8 Å². The second kappa shape index (κ2) is 9.68. The molecule has 6 heteroatoms. The minimum atomic E-state index is -4.40. The molecule has 3 nitrogen and oxygen atoms in total. The minimum absolute atomic E-state index is 0.0353. The van der Waals surface area contributed by atoms with Crippen LogP contribution in [0.15, 0.2) is 24.3 Å². The lowest BCUT2D eigenvalue weighted by Crippen LogP contribution is -2.28. The Labute approximate surface area is 217 Å². The van der Waals surface area contributed by atoms with Gasteiger partial charge >= 0.3 is 6.18 Å². The first kappa shape index (κ1) is 25.4. The van der Waals surface area contributed by atoms with E-state index in [0.717, 1.165) is 87.6 Å². The quantitative estimate of drug-likeness (QED) is 0.437. The standard InChI is InChI=1S/C31H38F3NO2/c1-37-24-18-30(15-16-30)17-23-26(24)25(19-7-3-2-4-8-19)27(28(35-23)20-9-5-6-10-20)29(36)21-11-13-22(14-12-21)31(32,33)34/h11-14,19-20,24,29,36H,2-10,15-18H2,1H3/t24-,29-/m0/s1. The lowest BCUT2D eigenvalue weighted by molar-refractivity contribution is -0.137. The molecule has 200 valence electrons. The summed E-state index contributed by atoms with van der Waals surface area (Å²) < 4.78 is 46.0. The number of aliphatic hydroxyl groups is 1. The van der Waals surface area contributed by atoms with Crippen LogP contribution in [-0.2, 0) is 17.3 Å². The van der Waals surface area contributed by atoms with Crippen LogP contribution < -0.4 is 0 Å². The van der Waals surface area contributed by atoms with Gasteiger partial charge in [0.05, 0.1) is 17.4 Å². The fourth-order valence-electron chi connectivity index (χ4n) is 7.53. The van der Waals surface area contributed by atoms with Crippen molar-refractivity contribution in [2.45, 2.75) is 114 Å². The van der Waals surface area contributed by atoms with Crippen LogP contribution >= 0.6 is 0 Å². The maximum atomic E-state index is 13.3. The van der Waals surface area contributed by atoms with Crippen LogP contribution in [0.5, 0.6) is 0 Å². The molecular weight excluding hydrogens is 475 g/mol. The average Bonchev–Trinajstić information content (AvgIpc) is 3.41. The highest BCUT2D eigenvalue weighted by Crippen LogP contribution is 2.60. The van der Waals surface area contributed by atoms with Crippen molar-refractivity contribution in [3.05, 3.63) is 63.5 Å². The number of pyridine rings is 1. The monoisotopic (exact) mass is 513 g/mol. The van der Waals surface area contributed by atoms with Crippen LogP contribution in [0.25, 0.3) is 0 Å². The van der Waals surface area contributed by atoms with Gasteiger partial charge in [-0.25, -0.2) is 0 Å². The summed E-state index contributed by atoms with van der Waals surface area (Å²) in [5.41, 5.74) is 5.60. The second-order valence-electron chi connectivity index (χ2n) is 12.1. The summed E-state index contributed by atoms with van der Waals surface area (Å²) in [5, 5.41) is 12.0. The third kappa shape index (κ3) is 4.73. The highest BCUT2D eigenvalue weighted by atomic mass is 19.4. The fraction of sp³-hybridized carbons (Fsp3) is 0.645. The van der Waals surface area contributed by atoms with Gasteiger partial charge in [-0.2, -0.15) is 13.2 Å². The van der Waals surface area contributed by atoms with E-state index in [4.69, 9.17) is 9.72 Å². The zero-order valence-corrected chi connectivity index (χ0v) is 21.7. The molecule has 0 bridgehead atoms. The molecule has 4 aliphatic carbocycles. The Morgan fingerprint density at radius 2 is 1.54 bits per heavy atom. The third-order valence-electron chi connectivity index (χ3n) is 9.73. The zero-order chi connectivity index (χ0) is 25.8. The number of methoxy groups -OCH3 is 1. The largest absolute Gasteiger partial charge is 0.416 e. The highest BCUT2D eigenvalue weighted by molar-refractivity contribution is 5.51. The number of hydrogen-bond donors (Lipinski definition) is 1. The summed E-state index contributed by atoms with van der Waals surface area (Å²) in [6, 6.07) is 5.08. The Kier molecular flexibility index (Phi) is 6.63. The van der Waals surface area contributed by atoms with Crippen molar-refractivity contribution in [3.8, 4) is 0 Å².